The van der Waals surface area contributed by atoms with Crippen LogP contribution in [0.2, 0.25) is 0 Å². The van der Waals surface area contributed by atoms with E-state index in [0.717, 1.165) is 4.68 Å². The molecule has 1 aromatic heterocycles. The van der Waals surface area contributed by atoms with Gasteiger partial charge in [-0.25, -0.2) is 4.68 Å². The first-order valence-electron chi connectivity index (χ1n) is 8.01. The highest BCUT2D eigenvalue weighted by Crippen LogP contribution is 2.14. The van der Waals surface area contributed by atoms with Crippen LogP contribution in [0.4, 0.5) is 0 Å². The number of morpholine rings is 1. The third-order valence-corrected chi connectivity index (χ3v) is 4.13. The highest BCUT2D eigenvalue weighted by Gasteiger charge is 2.20. The van der Waals surface area contributed by atoms with E-state index in [4.69, 9.17) is 9.47 Å². The van der Waals surface area contributed by atoms with E-state index in [1.807, 2.05) is 0 Å². The summed E-state index contributed by atoms with van der Waals surface area (Å²) in [5, 5.41) is 5.26. The van der Waals surface area contributed by atoms with E-state index in [2.05, 4.69) is 5.10 Å². The van der Waals surface area contributed by atoms with Crippen LogP contribution in [0.1, 0.15) is 5.69 Å². The Hall–Kier alpha value is -2.74. The van der Waals surface area contributed by atoms with Crippen molar-refractivity contribution in [2.75, 3.05) is 33.4 Å². The van der Waals surface area contributed by atoms with Gasteiger partial charge in [0.2, 0.25) is 5.91 Å². The molecule has 1 aliphatic heterocycles. The Labute approximate surface area is 143 Å². The average Bonchev–Trinajstić information content (AvgIpc) is 2.66. The number of esters is 1. The number of nitrogens with zero attached hydrogens (tertiary/aromatic N) is 3. The molecule has 25 heavy (non-hydrogen) atoms. The molecule has 1 amide bonds. The maximum atomic E-state index is 12.6. The van der Waals surface area contributed by atoms with Gasteiger partial charge in [-0.1, -0.05) is 18.2 Å². The van der Waals surface area contributed by atoms with E-state index >= 15 is 0 Å². The van der Waals surface area contributed by atoms with Crippen molar-refractivity contribution in [1.29, 1.82) is 0 Å². The number of rotatable bonds is 4. The lowest BCUT2D eigenvalue weighted by molar-refractivity contribution is -0.139. The number of aromatic nitrogens is 2. The summed E-state index contributed by atoms with van der Waals surface area (Å²) in [5.74, 6) is -0.653. The Kier molecular flexibility index (Phi) is 5.08. The van der Waals surface area contributed by atoms with Crippen molar-refractivity contribution < 1.29 is 19.1 Å². The number of ether oxygens (including phenoxy) is 2. The predicted octanol–water partition coefficient (Wildman–Crippen LogP) is -0.0292. The zero-order valence-electron chi connectivity index (χ0n) is 13.9. The molecule has 0 radical (unpaired) electrons. The average molecular weight is 345 g/mol. The largest absolute Gasteiger partial charge is 0.469 e. The standard InChI is InChI=1S/C17H19N3O5/c1-24-16(22)10-14-12-4-2-3-5-13(12)17(23)20(18-14)11-15(21)19-6-8-25-9-7-19/h2-5H,6-11H2,1H3. The molecule has 132 valence electrons. The third-order valence-electron chi connectivity index (χ3n) is 4.13. The van der Waals surface area contributed by atoms with E-state index in [-0.39, 0.29) is 24.4 Å². The summed E-state index contributed by atoms with van der Waals surface area (Å²) >= 11 is 0. The van der Waals surface area contributed by atoms with Gasteiger partial charge in [0.25, 0.3) is 5.56 Å². The maximum absolute atomic E-state index is 12.6. The summed E-state index contributed by atoms with van der Waals surface area (Å²) in [7, 11) is 1.29. The Morgan fingerprint density at radius 2 is 1.88 bits per heavy atom. The Morgan fingerprint density at radius 1 is 1.20 bits per heavy atom. The van der Waals surface area contributed by atoms with Crippen molar-refractivity contribution >= 4 is 22.6 Å². The lowest BCUT2D eigenvalue weighted by atomic mass is 10.1. The Balaban J connectivity index is 1.96. The van der Waals surface area contributed by atoms with Crippen molar-refractivity contribution in [1.82, 2.24) is 14.7 Å². The van der Waals surface area contributed by atoms with Gasteiger partial charge in [-0.3, -0.25) is 14.4 Å². The molecule has 0 atom stereocenters. The number of hydrogen-bond donors (Lipinski definition) is 0. The van der Waals surface area contributed by atoms with Crippen LogP contribution in [-0.4, -0.2) is 60.0 Å². The highest BCUT2D eigenvalue weighted by atomic mass is 16.5. The van der Waals surface area contributed by atoms with E-state index < -0.39 is 5.97 Å². The van der Waals surface area contributed by atoms with E-state index in [0.29, 0.717) is 42.8 Å². The van der Waals surface area contributed by atoms with Crippen molar-refractivity contribution in [3.05, 3.63) is 40.3 Å². The molecule has 2 heterocycles. The normalized spacial score (nSPS) is 14.5. The molecule has 2 aromatic rings. The quantitative estimate of drug-likeness (QED) is 0.723. The molecule has 8 nitrogen and oxygen atoms in total. The molecule has 0 unspecified atom stereocenters. The number of carbonyl (C=O) groups is 2. The highest BCUT2D eigenvalue weighted by molar-refractivity contribution is 5.87. The van der Waals surface area contributed by atoms with Gasteiger partial charge in [0, 0.05) is 18.5 Å². The van der Waals surface area contributed by atoms with Gasteiger partial charge < -0.3 is 14.4 Å². The molecule has 0 bridgehead atoms. The van der Waals surface area contributed by atoms with Crippen molar-refractivity contribution in [2.45, 2.75) is 13.0 Å². The number of amides is 1. The van der Waals surface area contributed by atoms with Crippen LogP contribution in [0.15, 0.2) is 29.1 Å². The van der Waals surface area contributed by atoms with Crippen molar-refractivity contribution in [3.63, 3.8) is 0 Å². The molecule has 0 saturated carbocycles. The van der Waals surface area contributed by atoms with Gasteiger partial charge in [0.05, 0.1) is 37.8 Å². The topological polar surface area (TPSA) is 90.7 Å². The first-order valence-corrected chi connectivity index (χ1v) is 8.01. The number of fused-ring (bicyclic) bond motifs is 1. The molecule has 1 aliphatic rings. The minimum absolute atomic E-state index is 0.0664. The van der Waals surface area contributed by atoms with E-state index in [1.54, 1.807) is 29.2 Å². The molecule has 0 aliphatic carbocycles. The lowest BCUT2D eigenvalue weighted by Gasteiger charge is -2.26. The summed E-state index contributed by atoms with van der Waals surface area (Å²) in [5.41, 5.74) is 0.0580. The SMILES string of the molecule is COC(=O)Cc1nn(CC(=O)N2CCOCC2)c(=O)c2ccccc12. The fourth-order valence-corrected chi connectivity index (χ4v) is 2.79. The van der Waals surface area contributed by atoms with Gasteiger partial charge in [-0.15, -0.1) is 0 Å². The molecule has 0 spiro atoms. The molecule has 8 heteroatoms. The Bertz CT molecular complexity index is 855. The van der Waals surface area contributed by atoms with Crippen LogP contribution in [-0.2, 0) is 32.0 Å². The lowest BCUT2D eigenvalue weighted by Crippen LogP contribution is -2.44. The molecular weight excluding hydrogens is 326 g/mol. The van der Waals surface area contributed by atoms with Crippen molar-refractivity contribution in [3.8, 4) is 0 Å². The van der Waals surface area contributed by atoms with Crippen LogP contribution in [0.25, 0.3) is 10.8 Å². The number of carbonyl (C=O) groups excluding carboxylic acids is 2. The van der Waals surface area contributed by atoms with Crippen LogP contribution in [0.5, 0.6) is 0 Å². The summed E-state index contributed by atoms with van der Waals surface area (Å²) < 4.78 is 11.0. The minimum atomic E-state index is -0.456. The zero-order chi connectivity index (χ0) is 17.8. The number of benzene rings is 1. The van der Waals surface area contributed by atoms with E-state index in [1.165, 1.54) is 7.11 Å². The second kappa shape index (κ2) is 7.43. The molecule has 1 saturated heterocycles. The molecule has 0 N–H and O–H groups in total. The predicted molar refractivity (Wildman–Crippen MR) is 89.1 cm³/mol. The Morgan fingerprint density at radius 3 is 2.56 bits per heavy atom. The monoisotopic (exact) mass is 345 g/mol. The first kappa shape index (κ1) is 17.1. The van der Waals surface area contributed by atoms with Gasteiger partial charge in [0.1, 0.15) is 6.54 Å². The van der Waals surface area contributed by atoms with Crippen LogP contribution in [0, 0.1) is 0 Å². The molecule has 1 aromatic carbocycles. The number of hydrogen-bond acceptors (Lipinski definition) is 6. The fraction of sp³-hybridized carbons (Fsp3) is 0.412. The molecule has 3 rings (SSSR count). The van der Waals surface area contributed by atoms with Gasteiger partial charge >= 0.3 is 5.97 Å². The van der Waals surface area contributed by atoms with Crippen LogP contribution < -0.4 is 5.56 Å². The smallest absolute Gasteiger partial charge is 0.311 e. The summed E-state index contributed by atoms with van der Waals surface area (Å²) in [6.45, 7) is 1.79. The maximum Gasteiger partial charge on any atom is 0.311 e. The second-order valence-electron chi connectivity index (χ2n) is 5.70. The number of methoxy groups -OCH3 is 1. The first-order chi connectivity index (χ1) is 12.1. The summed E-state index contributed by atoms with van der Waals surface area (Å²) in [4.78, 5) is 38.4. The summed E-state index contributed by atoms with van der Waals surface area (Å²) in [6.07, 6.45) is -0.0664. The third kappa shape index (κ3) is 3.69. The zero-order valence-corrected chi connectivity index (χ0v) is 13.9. The fourth-order valence-electron chi connectivity index (χ4n) is 2.79. The van der Waals surface area contributed by atoms with Gasteiger partial charge in [-0.2, -0.15) is 5.10 Å². The molecule has 1 fully saturated rings. The molecular formula is C17H19N3O5. The van der Waals surface area contributed by atoms with Gasteiger partial charge in [-0.05, 0) is 6.07 Å². The van der Waals surface area contributed by atoms with E-state index in [9.17, 15) is 14.4 Å². The minimum Gasteiger partial charge on any atom is -0.469 e. The summed E-state index contributed by atoms with van der Waals surface area (Å²) in [6, 6.07) is 6.90. The van der Waals surface area contributed by atoms with Gasteiger partial charge in [0.15, 0.2) is 0 Å². The van der Waals surface area contributed by atoms with Crippen LogP contribution in [0.3, 0.4) is 0 Å². The van der Waals surface area contributed by atoms with Crippen molar-refractivity contribution in [2.24, 2.45) is 0 Å². The van der Waals surface area contributed by atoms with Crippen LogP contribution >= 0.6 is 0 Å². The second-order valence-corrected chi connectivity index (χ2v) is 5.70.